The summed E-state index contributed by atoms with van der Waals surface area (Å²) < 4.78 is 41.0. The van der Waals surface area contributed by atoms with Gasteiger partial charge in [-0.15, -0.1) is 13.2 Å². The molecule has 0 bridgehead atoms. The van der Waals surface area contributed by atoms with E-state index in [0.717, 1.165) is 17.4 Å². The lowest BCUT2D eigenvalue weighted by Gasteiger charge is -2.07. The number of halogens is 3. The maximum absolute atomic E-state index is 12.2. The van der Waals surface area contributed by atoms with Crippen LogP contribution in [0.3, 0.4) is 0 Å². The summed E-state index contributed by atoms with van der Waals surface area (Å²) in [5.74, 6) is -0.294. The Balaban J connectivity index is 1.71. The highest BCUT2D eigenvalue weighted by atomic mass is 32.1. The zero-order valence-electron chi connectivity index (χ0n) is 12.3. The molecule has 1 aromatic heterocycles. The number of phenolic OH excluding ortho intramolecular Hbond substituents is 1. The molecule has 25 heavy (non-hydrogen) atoms. The van der Waals surface area contributed by atoms with E-state index in [1.807, 2.05) is 0 Å². The van der Waals surface area contributed by atoms with Crippen molar-refractivity contribution in [3.8, 4) is 11.5 Å². The van der Waals surface area contributed by atoms with Gasteiger partial charge in [-0.05, 0) is 36.4 Å². The Bertz CT molecular complexity index is 910. The first-order chi connectivity index (χ1) is 11.8. The number of benzene rings is 2. The summed E-state index contributed by atoms with van der Waals surface area (Å²) in [6.45, 7) is 0. The SMILES string of the molecule is O=C(Nc1ccc(O)cc1)Nc1nc2ccc(OC(F)(F)F)cc2s1. The van der Waals surface area contributed by atoms with E-state index in [2.05, 4.69) is 20.4 Å². The summed E-state index contributed by atoms with van der Waals surface area (Å²) >= 11 is 1.01. The van der Waals surface area contributed by atoms with Crippen molar-refractivity contribution in [2.24, 2.45) is 0 Å². The molecular formula is C15H10F3N3O3S. The third-order valence-corrected chi connectivity index (χ3v) is 3.87. The highest BCUT2D eigenvalue weighted by Gasteiger charge is 2.31. The molecule has 0 saturated heterocycles. The van der Waals surface area contributed by atoms with Gasteiger partial charge in [0.1, 0.15) is 11.5 Å². The van der Waals surface area contributed by atoms with E-state index in [1.165, 1.54) is 36.4 Å². The van der Waals surface area contributed by atoms with Crippen molar-refractivity contribution in [3.63, 3.8) is 0 Å². The first-order valence-electron chi connectivity index (χ1n) is 6.82. The number of nitrogens with zero attached hydrogens (tertiary/aromatic N) is 1. The predicted molar refractivity (Wildman–Crippen MR) is 87.1 cm³/mol. The van der Waals surface area contributed by atoms with Gasteiger partial charge in [-0.3, -0.25) is 5.32 Å². The number of fused-ring (bicyclic) bond motifs is 1. The molecule has 0 atom stereocenters. The minimum absolute atomic E-state index is 0.0639. The van der Waals surface area contributed by atoms with Gasteiger partial charge >= 0.3 is 12.4 Å². The Labute approximate surface area is 142 Å². The van der Waals surface area contributed by atoms with Crippen LogP contribution < -0.4 is 15.4 Å². The van der Waals surface area contributed by atoms with Crippen molar-refractivity contribution in [3.05, 3.63) is 42.5 Å². The number of rotatable bonds is 3. The molecule has 0 spiro atoms. The summed E-state index contributed by atoms with van der Waals surface area (Å²) in [4.78, 5) is 16.0. The van der Waals surface area contributed by atoms with Crippen LogP contribution in [-0.4, -0.2) is 22.5 Å². The Morgan fingerprint density at radius 3 is 2.52 bits per heavy atom. The van der Waals surface area contributed by atoms with Gasteiger partial charge in [0.25, 0.3) is 0 Å². The van der Waals surface area contributed by atoms with Crippen LogP contribution in [0.4, 0.5) is 28.8 Å². The van der Waals surface area contributed by atoms with Crippen LogP contribution in [0.2, 0.25) is 0 Å². The van der Waals surface area contributed by atoms with Gasteiger partial charge in [-0.2, -0.15) is 0 Å². The van der Waals surface area contributed by atoms with Crippen molar-refractivity contribution in [2.45, 2.75) is 6.36 Å². The van der Waals surface area contributed by atoms with Crippen LogP contribution >= 0.6 is 11.3 Å². The molecule has 0 aliphatic heterocycles. The van der Waals surface area contributed by atoms with Crippen molar-refractivity contribution in [2.75, 3.05) is 10.6 Å². The van der Waals surface area contributed by atoms with Crippen LogP contribution in [0, 0.1) is 0 Å². The average Bonchev–Trinajstić information content (AvgIpc) is 2.89. The first kappa shape index (κ1) is 16.8. The van der Waals surface area contributed by atoms with Crippen LogP contribution in [0.15, 0.2) is 42.5 Å². The number of aromatic nitrogens is 1. The van der Waals surface area contributed by atoms with E-state index in [-0.39, 0.29) is 16.6 Å². The Hall–Kier alpha value is -3.01. The molecule has 10 heteroatoms. The molecule has 130 valence electrons. The Morgan fingerprint density at radius 1 is 1.12 bits per heavy atom. The minimum Gasteiger partial charge on any atom is -0.508 e. The molecule has 0 aliphatic carbocycles. The third kappa shape index (κ3) is 4.51. The average molecular weight is 369 g/mol. The van der Waals surface area contributed by atoms with Crippen LogP contribution in [-0.2, 0) is 0 Å². The number of anilines is 2. The van der Waals surface area contributed by atoms with Gasteiger partial charge in [-0.25, -0.2) is 9.78 Å². The van der Waals surface area contributed by atoms with Crippen molar-refractivity contribution in [1.29, 1.82) is 0 Å². The molecule has 6 nitrogen and oxygen atoms in total. The Morgan fingerprint density at radius 2 is 1.84 bits per heavy atom. The number of carbonyl (C=O) groups is 1. The lowest BCUT2D eigenvalue weighted by molar-refractivity contribution is -0.274. The topological polar surface area (TPSA) is 83.5 Å². The molecule has 0 radical (unpaired) electrons. The molecule has 1 heterocycles. The van der Waals surface area contributed by atoms with Gasteiger partial charge in [-0.1, -0.05) is 11.3 Å². The highest BCUT2D eigenvalue weighted by Crippen LogP contribution is 2.31. The maximum Gasteiger partial charge on any atom is 0.573 e. The second-order valence-corrected chi connectivity index (χ2v) is 5.85. The number of thiazole rings is 1. The first-order valence-corrected chi connectivity index (χ1v) is 7.63. The fraction of sp³-hybridized carbons (Fsp3) is 0.0667. The molecule has 3 N–H and O–H groups in total. The fourth-order valence-corrected chi connectivity index (χ4v) is 2.85. The largest absolute Gasteiger partial charge is 0.573 e. The molecular weight excluding hydrogens is 359 g/mol. The number of aromatic hydroxyl groups is 1. The summed E-state index contributed by atoms with van der Waals surface area (Å²) in [6, 6.07) is 8.99. The number of alkyl halides is 3. The molecule has 2 amide bonds. The van der Waals surface area contributed by atoms with E-state index in [0.29, 0.717) is 15.9 Å². The number of amides is 2. The monoisotopic (exact) mass is 369 g/mol. The number of hydrogen-bond acceptors (Lipinski definition) is 5. The number of carbonyl (C=O) groups excluding carboxylic acids is 1. The number of phenols is 1. The van der Waals surface area contributed by atoms with Crippen LogP contribution in [0.1, 0.15) is 0 Å². The van der Waals surface area contributed by atoms with E-state index in [4.69, 9.17) is 0 Å². The normalized spacial score (nSPS) is 11.3. The van der Waals surface area contributed by atoms with Gasteiger partial charge in [0.05, 0.1) is 10.2 Å². The maximum atomic E-state index is 12.2. The third-order valence-electron chi connectivity index (χ3n) is 2.94. The van der Waals surface area contributed by atoms with E-state index >= 15 is 0 Å². The zero-order valence-corrected chi connectivity index (χ0v) is 13.1. The van der Waals surface area contributed by atoms with Crippen LogP contribution in [0.5, 0.6) is 11.5 Å². The minimum atomic E-state index is -4.77. The zero-order chi connectivity index (χ0) is 18.0. The molecule has 0 unspecified atom stereocenters. The number of ether oxygens (including phenoxy) is 1. The summed E-state index contributed by atoms with van der Waals surface area (Å²) in [5.41, 5.74) is 0.886. The van der Waals surface area contributed by atoms with Crippen molar-refractivity contribution in [1.82, 2.24) is 4.98 Å². The quantitative estimate of drug-likeness (QED) is 0.592. The van der Waals surface area contributed by atoms with E-state index < -0.39 is 12.4 Å². The molecule has 0 saturated carbocycles. The van der Waals surface area contributed by atoms with Gasteiger partial charge < -0.3 is 15.2 Å². The predicted octanol–water partition coefficient (Wildman–Crippen LogP) is 4.54. The lowest BCUT2D eigenvalue weighted by Crippen LogP contribution is -2.19. The fourth-order valence-electron chi connectivity index (χ4n) is 1.96. The number of nitrogens with one attached hydrogen (secondary N) is 2. The van der Waals surface area contributed by atoms with Gasteiger partial charge in [0.15, 0.2) is 5.13 Å². The second kappa shape index (κ2) is 6.48. The van der Waals surface area contributed by atoms with E-state index in [9.17, 15) is 23.1 Å². The van der Waals surface area contributed by atoms with E-state index in [1.54, 1.807) is 0 Å². The van der Waals surface area contributed by atoms with Crippen LogP contribution in [0.25, 0.3) is 10.2 Å². The molecule has 2 aromatic carbocycles. The molecule has 0 aliphatic rings. The van der Waals surface area contributed by atoms with Gasteiger partial charge in [0.2, 0.25) is 0 Å². The summed E-state index contributed by atoms with van der Waals surface area (Å²) in [7, 11) is 0. The van der Waals surface area contributed by atoms with Gasteiger partial charge in [0, 0.05) is 11.8 Å². The summed E-state index contributed by atoms with van der Waals surface area (Å²) in [6.07, 6.45) is -4.77. The highest BCUT2D eigenvalue weighted by molar-refractivity contribution is 7.22. The van der Waals surface area contributed by atoms with Crippen molar-refractivity contribution >= 4 is 38.4 Å². The summed E-state index contributed by atoms with van der Waals surface area (Å²) in [5, 5.41) is 14.4. The lowest BCUT2D eigenvalue weighted by atomic mass is 10.3. The second-order valence-electron chi connectivity index (χ2n) is 4.82. The smallest absolute Gasteiger partial charge is 0.508 e. The standard InChI is InChI=1S/C15H10F3N3O3S/c16-15(17,18)24-10-5-6-11-12(7-10)25-14(20-11)21-13(23)19-8-1-3-9(22)4-2-8/h1-7,22H,(H2,19,20,21,23). The molecule has 3 rings (SSSR count). The Kier molecular flexibility index (Phi) is 4.36. The number of urea groups is 1. The molecule has 3 aromatic rings. The van der Waals surface area contributed by atoms with Crippen molar-refractivity contribution < 1.29 is 27.8 Å². The molecule has 0 fully saturated rings. The number of hydrogen-bond donors (Lipinski definition) is 3.